The Labute approximate surface area is 143 Å². The van der Waals surface area contributed by atoms with E-state index in [0.29, 0.717) is 0 Å². The predicted molar refractivity (Wildman–Crippen MR) is 98.5 cm³/mol. The maximum atomic E-state index is 4.76. The fourth-order valence-electron chi connectivity index (χ4n) is 2.49. The molecule has 0 N–H and O–H groups in total. The number of imidazole rings is 1. The van der Waals surface area contributed by atoms with Gasteiger partial charge in [0, 0.05) is 16.2 Å². The maximum Gasteiger partial charge on any atom is 0.189 e. The molecule has 0 atom stereocenters. The van der Waals surface area contributed by atoms with Crippen LogP contribution in [0.2, 0.25) is 0 Å². The lowest BCUT2D eigenvalue weighted by Gasteiger charge is -2.13. The highest BCUT2D eigenvalue weighted by molar-refractivity contribution is 8.00. The molecule has 0 spiro atoms. The second-order valence-electron chi connectivity index (χ2n) is 5.18. The molecule has 0 radical (unpaired) electrons. The largest absolute Gasteiger partial charge is 0.221 e. The van der Waals surface area contributed by atoms with Crippen molar-refractivity contribution in [2.45, 2.75) is 10.1 Å². The number of hydrogen-bond acceptors (Lipinski definition) is 4. The summed E-state index contributed by atoms with van der Waals surface area (Å²) >= 11 is 3.49. The van der Waals surface area contributed by atoms with Crippen molar-refractivity contribution in [1.29, 1.82) is 0 Å². The fourth-order valence-corrected chi connectivity index (χ4v) is 3.78. The molecule has 23 heavy (non-hydrogen) atoms. The summed E-state index contributed by atoms with van der Waals surface area (Å²) < 4.78 is 1.90. The van der Waals surface area contributed by atoms with Gasteiger partial charge in [-0.05, 0) is 24.0 Å². The smallest absolute Gasteiger partial charge is 0.189 e. The van der Waals surface area contributed by atoms with Crippen molar-refractivity contribution in [3.63, 3.8) is 0 Å². The lowest BCUT2D eigenvalue weighted by molar-refractivity contribution is 0.757. The molecule has 0 saturated carbocycles. The summed E-state index contributed by atoms with van der Waals surface area (Å²) in [7, 11) is 0. The van der Waals surface area contributed by atoms with E-state index in [-0.39, 0.29) is 0 Å². The van der Waals surface area contributed by atoms with Crippen molar-refractivity contribution >= 4 is 29.2 Å². The zero-order valence-corrected chi connectivity index (χ0v) is 14.3. The van der Waals surface area contributed by atoms with Gasteiger partial charge in [-0.3, -0.25) is 0 Å². The molecule has 2 heterocycles. The Morgan fingerprint density at radius 2 is 1.78 bits per heavy atom. The van der Waals surface area contributed by atoms with E-state index in [0.717, 1.165) is 27.9 Å². The fraction of sp³-hybridized carbons (Fsp3) is 0.111. The number of hydrogen-bond donors (Lipinski definition) is 0. The highest BCUT2D eigenvalue weighted by Gasteiger charge is 2.17. The number of fused-ring (bicyclic) bond motifs is 1. The first-order valence-electron chi connectivity index (χ1n) is 7.33. The molecule has 114 valence electrons. The lowest BCUT2D eigenvalue weighted by Crippen LogP contribution is -2.12. The number of rotatable bonds is 3. The third-order valence-corrected chi connectivity index (χ3v) is 5.41. The Hall–Kier alpha value is -1.98. The van der Waals surface area contributed by atoms with Crippen LogP contribution in [-0.4, -0.2) is 27.4 Å². The average molecular weight is 337 g/mol. The van der Waals surface area contributed by atoms with Crippen LogP contribution in [0.15, 0.2) is 75.9 Å². The first-order valence-corrected chi connectivity index (χ1v) is 9.54. The van der Waals surface area contributed by atoms with Gasteiger partial charge in [0.05, 0.1) is 17.6 Å². The van der Waals surface area contributed by atoms with Gasteiger partial charge in [0.25, 0.3) is 0 Å². The monoisotopic (exact) mass is 337 g/mol. The zero-order valence-electron chi connectivity index (χ0n) is 12.6. The van der Waals surface area contributed by atoms with Crippen molar-refractivity contribution in [3.8, 4) is 11.3 Å². The van der Waals surface area contributed by atoms with Gasteiger partial charge in [0.2, 0.25) is 0 Å². The quantitative estimate of drug-likeness (QED) is 0.653. The van der Waals surface area contributed by atoms with Crippen molar-refractivity contribution in [2.75, 3.05) is 12.0 Å². The Morgan fingerprint density at radius 3 is 2.52 bits per heavy atom. The van der Waals surface area contributed by atoms with Gasteiger partial charge >= 0.3 is 0 Å². The van der Waals surface area contributed by atoms with E-state index in [2.05, 4.69) is 42.7 Å². The van der Waals surface area contributed by atoms with E-state index in [1.165, 1.54) is 10.5 Å². The molecule has 0 fully saturated rings. The third-order valence-electron chi connectivity index (χ3n) is 3.72. The summed E-state index contributed by atoms with van der Waals surface area (Å²) in [5.74, 6) is 0.851. The summed E-state index contributed by atoms with van der Waals surface area (Å²) in [4.78, 5) is 5.96. The Morgan fingerprint density at radius 1 is 1.00 bits per heavy atom. The molecule has 4 rings (SSSR count). The number of aromatic nitrogens is 2. The zero-order chi connectivity index (χ0) is 15.6. The predicted octanol–water partition coefficient (Wildman–Crippen LogP) is 4.63. The van der Waals surface area contributed by atoms with E-state index in [9.17, 15) is 0 Å². The van der Waals surface area contributed by atoms with Crippen LogP contribution in [0.3, 0.4) is 0 Å². The Balaban J connectivity index is 1.67. The van der Waals surface area contributed by atoms with E-state index in [1.54, 1.807) is 23.5 Å². The van der Waals surface area contributed by atoms with Crippen LogP contribution in [-0.2, 0) is 0 Å². The molecule has 0 aliphatic carbocycles. The molecule has 1 aliphatic rings. The minimum Gasteiger partial charge on any atom is -0.221 e. The molecule has 2 aromatic carbocycles. The van der Waals surface area contributed by atoms with Gasteiger partial charge in [-0.25, -0.2) is 9.66 Å². The third kappa shape index (κ3) is 2.94. The topological polar surface area (TPSA) is 30.2 Å². The van der Waals surface area contributed by atoms with Crippen LogP contribution in [0.25, 0.3) is 11.3 Å². The van der Waals surface area contributed by atoms with Gasteiger partial charge < -0.3 is 0 Å². The molecule has 3 nitrogen and oxygen atoms in total. The van der Waals surface area contributed by atoms with Gasteiger partial charge in [-0.1, -0.05) is 54.2 Å². The normalized spacial score (nSPS) is 13.5. The molecular weight excluding hydrogens is 322 g/mol. The molecule has 1 aromatic heterocycles. The first kappa shape index (κ1) is 14.6. The molecular formula is C18H15N3S2. The molecule has 0 saturated heterocycles. The summed E-state index contributed by atoms with van der Waals surface area (Å²) in [5.41, 5.74) is 4.36. The van der Waals surface area contributed by atoms with Crippen LogP contribution < -0.4 is 0 Å². The molecule has 5 heteroatoms. The van der Waals surface area contributed by atoms with Crippen LogP contribution in [0.1, 0.15) is 5.56 Å². The SMILES string of the molecule is CSc1ccc(C2=Nn3cc(-c4ccccc4)nc3SC2)cc1. The minimum atomic E-state index is 0.851. The molecule has 3 aromatic rings. The van der Waals surface area contributed by atoms with E-state index in [4.69, 9.17) is 10.1 Å². The van der Waals surface area contributed by atoms with Gasteiger partial charge in [0.15, 0.2) is 5.16 Å². The summed E-state index contributed by atoms with van der Waals surface area (Å²) in [6.07, 6.45) is 4.10. The number of benzene rings is 2. The van der Waals surface area contributed by atoms with E-state index >= 15 is 0 Å². The minimum absolute atomic E-state index is 0.851. The van der Waals surface area contributed by atoms with E-state index < -0.39 is 0 Å². The highest BCUT2D eigenvalue weighted by atomic mass is 32.2. The Bertz CT molecular complexity index is 852. The highest BCUT2D eigenvalue weighted by Crippen LogP contribution is 2.28. The van der Waals surface area contributed by atoms with Crippen LogP contribution in [0.4, 0.5) is 0 Å². The van der Waals surface area contributed by atoms with Crippen LogP contribution in [0, 0.1) is 0 Å². The number of nitrogens with zero attached hydrogens (tertiary/aromatic N) is 3. The summed E-state index contributed by atoms with van der Waals surface area (Å²) in [6, 6.07) is 18.8. The maximum absolute atomic E-state index is 4.76. The van der Waals surface area contributed by atoms with Crippen molar-refractivity contribution in [3.05, 3.63) is 66.4 Å². The number of thioether (sulfide) groups is 2. The van der Waals surface area contributed by atoms with Crippen LogP contribution in [0.5, 0.6) is 0 Å². The summed E-state index contributed by atoms with van der Waals surface area (Å²) in [5, 5.41) is 5.71. The standard InChI is InChI=1S/C18H15N3S2/c1-22-15-9-7-14(8-10-15)17-12-23-18-19-16(11-21(18)20-17)13-5-3-2-4-6-13/h2-11H,12H2,1H3. The lowest BCUT2D eigenvalue weighted by atomic mass is 10.1. The molecule has 1 aliphatic heterocycles. The van der Waals surface area contributed by atoms with Crippen molar-refractivity contribution in [2.24, 2.45) is 5.10 Å². The molecule has 0 bridgehead atoms. The average Bonchev–Trinajstić information content (AvgIpc) is 3.06. The second-order valence-corrected chi connectivity index (χ2v) is 7.01. The second kappa shape index (κ2) is 6.26. The molecule has 0 unspecified atom stereocenters. The van der Waals surface area contributed by atoms with Crippen molar-refractivity contribution < 1.29 is 0 Å². The van der Waals surface area contributed by atoms with E-state index in [1.807, 2.05) is 29.1 Å². The summed E-state index contributed by atoms with van der Waals surface area (Å²) in [6.45, 7) is 0. The van der Waals surface area contributed by atoms with Gasteiger partial charge in [-0.15, -0.1) is 11.8 Å². The van der Waals surface area contributed by atoms with Gasteiger partial charge in [-0.2, -0.15) is 5.10 Å². The first-order chi connectivity index (χ1) is 11.3. The van der Waals surface area contributed by atoms with Crippen LogP contribution >= 0.6 is 23.5 Å². The molecule has 0 amide bonds. The Kier molecular flexibility index (Phi) is 3.97. The van der Waals surface area contributed by atoms with Crippen molar-refractivity contribution in [1.82, 2.24) is 9.66 Å². The van der Waals surface area contributed by atoms with Gasteiger partial charge in [0.1, 0.15) is 0 Å².